The molecule has 0 radical (unpaired) electrons. The molecule has 2 aliphatic carbocycles. The van der Waals surface area contributed by atoms with Gasteiger partial charge in [-0.3, -0.25) is 19.2 Å². The molecule has 2 aliphatic rings. The van der Waals surface area contributed by atoms with Crippen molar-refractivity contribution in [3.8, 4) is 0 Å². The van der Waals surface area contributed by atoms with Gasteiger partial charge in [-0.25, -0.2) is 0 Å². The molecule has 3 atom stereocenters. The van der Waals surface area contributed by atoms with Crippen LogP contribution in [0.1, 0.15) is 44.9 Å². The van der Waals surface area contributed by atoms with E-state index < -0.39 is 47.0 Å². The zero-order valence-corrected chi connectivity index (χ0v) is 13.2. The summed E-state index contributed by atoms with van der Waals surface area (Å²) in [6.07, 6.45) is 4.33. The molecule has 8 heteroatoms. The van der Waals surface area contributed by atoms with E-state index in [1.54, 1.807) is 0 Å². The number of rotatable bonds is 5. The second kappa shape index (κ2) is 6.78. The lowest BCUT2D eigenvalue weighted by atomic mass is 9.53. The summed E-state index contributed by atoms with van der Waals surface area (Å²) in [6, 6.07) is 0. The van der Waals surface area contributed by atoms with Gasteiger partial charge >= 0.3 is 23.9 Å². The molecule has 0 aromatic carbocycles. The van der Waals surface area contributed by atoms with Gasteiger partial charge in [0.25, 0.3) is 0 Å². The Labute approximate surface area is 138 Å². The van der Waals surface area contributed by atoms with E-state index in [1.165, 1.54) is 0 Å². The van der Waals surface area contributed by atoms with Gasteiger partial charge in [-0.1, -0.05) is 32.1 Å². The minimum absolute atomic E-state index is 0.0762. The van der Waals surface area contributed by atoms with Crippen LogP contribution < -0.4 is 0 Å². The minimum Gasteiger partial charge on any atom is -0.481 e. The topological polar surface area (TPSA) is 149 Å². The smallest absolute Gasteiger partial charge is 0.322 e. The number of carbonyl (C=O) groups is 4. The summed E-state index contributed by atoms with van der Waals surface area (Å²) in [5, 5.41) is 38.2. The van der Waals surface area contributed by atoms with Crippen molar-refractivity contribution in [1.82, 2.24) is 0 Å². The average Bonchev–Trinajstić information content (AvgIpc) is 2.53. The number of carboxylic acid groups (broad SMARTS) is 4. The van der Waals surface area contributed by atoms with Crippen LogP contribution in [0.5, 0.6) is 0 Å². The monoisotopic (exact) mass is 342 g/mol. The van der Waals surface area contributed by atoms with Crippen LogP contribution >= 0.6 is 0 Å². The van der Waals surface area contributed by atoms with Gasteiger partial charge < -0.3 is 20.4 Å². The maximum absolute atomic E-state index is 11.9. The third-order valence-corrected chi connectivity index (χ3v) is 5.78. The summed E-state index contributed by atoms with van der Waals surface area (Å²) in [7, 11) is 0. The van der Waals surface area contributed by atoms with E-state index >= 15 is 0 Å². The van der Waals surface area contributed by atoms with E-state index in [0.717, 1.165) is 32.1 Å². The number of hydrogen-bond acceptors (Lipinski definition) is 4. The molecular weight excluding hydrogens is 320 g/mol. The summed E-state index contributed by atoms with van der Waals surface area (Å²) < 4.78 is 0. The van der Waals surface area contributed by atoms with Gasteiger partial charge in [0.05, 0.1) is 11.8 Å². The summed E-state index contributed by atoms with van der Waals surface area (Å²) in [5.41, 5.74) is -2.84. The fourth-order valence-corrected chi connectivity index (χ4v) is 4.73. The van der Waals surface area contributed by atoms with Crippen molar-refractivity contribution >= 4 is 23.9 Å². The van der Waals surface area contributed by atoms with Gasteiger partial charge in [0.15, 0.2) is 5.41 Å². The van der Waals surface area contributed by atoms with Crippen molar-refractivity contribution in [2.75, 3.05) is 0 Å². The van der Waals surface area contributed by atoms with Crippen LogP contribution in [0.4, 0.5) is 0 Å². The highest BCUT2D eigenvalue weighted by Crippen LogP contribution is 2.53. The standard InChI is InChI=1S/C16H22O8/c17-12(18)10-7-6-9(8-4-2-1-3-5-8)11(13(19)20)16(10,14(21)22)15(23)24/h8-11H,1-7H2,(H,17,18)(H,19,20)(H,21,22)(H,23,24). The first-order valence-electron chi connectivity index (χ1n) is 8.17. The molecule has 2 rings (SSSR count). The van der Waals surface area contributed by atoms with Crippen LogP contribution in [0.15, 0.2) is 0 Å². The third-order valence-electron chi connectivity index (χ3n) is 5.78. The number of hydrogen-bond donors (Lipinski definition) is 4. The molecule has 0 heterocycles. The zero-order chi connectivity index (χ0) is 18.1. The number of carboxylic acids is 4. The summed E-state index contributed by atoms with van der Waals surface area (Å²) in [6.45, 7) is 0. The van der Waals surface area contributed by atoms with Gasteiger partial charge in [-0.05, 0) is 24.7 Å². The van der Waals surface area contributed by atoms with E-state index in [-0.39, 0.29) is 18.8 Å². The molecule has 0 bridgehead atoms. The summed E-state index contributed by atoms with van der Waals surface area (Å²) >= 11 is 0. The predicted octanol–water partition coefficient (Wildman–Crippen LogP) is 1.53. The molecule has 3 unspecified atom stereocenters. The molecule has 0 saturated heterocycles. The Bertz CT molecular complexity index is 534. The lowest BCUT2D eigenvalue weighted by Crippen LogP contribution is -2.61. The Morgan fingerprint density at radius 2 is 1.25 bits per heavy atom. The molecule has 2 fully saturated rings. The third kappa shape index (κ3) is 2.74. The van der Waals surface area contributed by atoms with E-state index in [2.05, 4.69) is 0 Å². The lowest BCUT2D eigenvalue weighted by Gasteiger charge is -2.47. The Morgan fingerprint density at radius 1 is 0.708 bits per heavy atom. The molecule has 0 aliphatic heterocycles. The van der Waals surface area contributed by atoms with Crippen molar-refractivity contribution < 1.29 is 39.6 Å². The van der Waals surface area contributed by atoms with Crippen molar-refractivity contribution in [2.45, 2.75) is 44.9 Å². The Morgan fingerprint density at radius 3 is 1.67 bits per heavy atom. The molecular formula is C16H22O8. The molecule has 8 nitrogen and oxygen atoms in total. The van der Waals surface area contributed by atoms with Crippen LogP contribution in [0.2, 0.25) is 0 Å². The molecule has 134 valence electrons. The largest absolute Gasteiger partial charge is 0.481 e. The summed E-state index contributed by atoms with van der Waals surface area (Å²) in [4.78, 5) is 47.1. The fraction of sp³-hybridized carbons (Fsp3) is 0.750. The van der Waals surface area contributed by atoms with Crippen LogP contribution in [0.25, 0.3) is 0 Å². The van der Waals surface area contributed by atoms with Gasteiger partial charge in [0.1, 0.15) is 0 Å². The van der Waals surface area contributed by atoms with Gasteiger partial charge in [0.2, 0.25) is 0 Å². The second-order valence-electron chi connectivity index (χ2n) is 6.83. The molecule has 0 spiro atoms. The van der Waals surface area contributed by atoms with Crippen molar-refractivity contribution in [3.05, 3.63) is 0 Å². The van der Waals surface area contributed by atoms with E-state index in [1.807, 2.05) is 0 Å². The normalized spacial score (nSPS) is 30.4. The first kappa shape index (κ1) is 18.2. The lowest BCUT2D eigenvalue weighted by molar-refractivity contribution is -0.196. The molecule has 24 heavy (non-hydrogen) atoms. The Balaban J connectivity index is 2.56. The van der Waals surface area contributed by atoms with E-state index in [0.29, 0.717) is 0 Å². The van der Waals surface area contributed by atoms with Crippen molar-refractivity contribution in [2.24, 2.45) is 29.1 Å². The first-order chi connectivity index (χ1) is 11.2. The van der Waals surface area contributed by atoms with Gasteiger partial charge in [-0.2, -0.15) is 0 Å². The van der Waals surface area contributed by atoms with Crippen molar-refractivity contribution in [1.29, 1.82) is 0 Å². The van der Waals surface area contributed by atoms with Crippen LogP contribution in [-0.4, -0.2) is 44.3 Å². The highest BCUT2D eigenvalue weighted by Gasteiger charge is 2.68. The van der Waals surface area contributed by atoms with Crippen LogP contribution in [0, 0.1) is 29.1 Å². The van der Waals surface area contributed by atoms with Crippen LogP contribution in [-0.2, 0) is 19.2 Å². The molecule has 4 N–H and O–H groups in total. The molecule has 0 amide bonds. The summed E-state index contributed by atoms with van der Waals surface area (Å²) in [5.74, 6) is -11.1. The zero-order valence-electron chi connectivity index (χ0n) is 13.2. The number of aliphatic carboxylic acids is 4. The predicted molar refractivity (Wildman–Crippen MR) is 79.3 cm³/mol. The first-order valence-corrected chi connectivity index (χ1v) is 8.17. The van der Waals surface area contributed by atoms with E-state index in [9.17, 15) is 39.6 Å². The highest BCUT2D eigenvalue weighted by atomic mass is 16.4. The second-order valence-corrected chi connectivity index (χ2v) is 6.83. The minimum atomic E-state index is -2.84. The average molecular weight is 342 g/mol. The highest BCUT2D eigenvalue weighted by molar-refractivity contribution is 6.06. The van der Waals surface area contributed by atoms with E-state index in [4.69, 9.17) is 0 Å². The fourth-order valence-electron chi connectivity index (χ4n) is 4.73. The van der Waals surface area contributed by atoms with Gasteiger partial charge in [0, 0.05) is 0 Å². The maximum Gasteiger partial charge on any atom is 0.322 e. The SMILES string of the molecule is O=C(O)C1CCC(C2CCCCC2)C(C(=O)O)C1(C(=O)O)C(=O)O. The van der Waals surface area contributed by atoms with Crippen LogP contribution in [0.3, 0.4) is 0 Å². The Hall–Kier alpha value is -2.12. The van der Waals surface area contributed by atoms with Crippen molar-refractivity contribution in [3.63, 3.8) is 0 Å². The van der Waals surface area contributed by atoms with Gasteiger partial charge in [-0.15, -0.1) is 0 Å². The molecule has 0 aromatic rings. The molecule has 0 aromatic heterocycles. The quantitative estimate of drug-likeness (QED) is 0.549. The molecule has 2 saturated carbocycles. The Kier molecular flexibility index (Phi) is 5.15. The maximum atomic E-state index is 11.9.